The zero-order valence-corrected chi connectivity index (χ0v) is 19.7. The Bertz CT molecular complexity index is 1230. The van der Waals surface area contributed by atoms with E-state index in [4.69, 9.17) is 18.9 Å². The van der Waals surface area contributed by atoms with Crippen molar-refractivity contribution in [2.45, 2.75) is 55.3 Å². The van der Waals surface area contributed by atoms with Gasteiger partial charge in [0, 0.05) is 16.7 Å². The zero-order valence-electron chi connectivity index (χ0n) is 19.7. The maximum atomic E-state index is 13.0. The van der Waals surface area contributed by atoms with E-state index in [9.17, 15) is 45.3 Å². The minimum atomic E-state index is -1.80. The Balaban J connectivity index is 1.33. The summed E-state index contributed by atoms with van der Waals surface area (Å²) < 4.78 is 21.6. The Kier molecular flexibility index (Phi) is 7.21. The molecular formula is C25H26O13. The number of phenolic OH excluding ortho intramolecular Hbond substituents is 1. The molecule has 13 nitrogen and oxygen atoms in total. The molecule has 2 aliphatic heterocycles. The number of fused-ring (bicyclic) bond motifs is 2. The molecule has 2 saturated heterocycles. The van der Waals surface area contributed by atoms with Crippen molar-refractivity contribution in [3.8, 4) is 11.5 Å². The van der Waals surface area contributed by atoms with Crippen LogP contribution < -0.4 is 4.74 Å². The summed E-state index contributed by atoms with van der Waals surface area (Å²) >= 11 is 0. The molecule has 0 aromatic heterocycles. The minimum Gasteiger partial charge on any atom is -0.504 e. The van der Waals surface area contributed by atoms with E-state index < -0.39 is 79.2 Å². The average molecular weight is 534 g/mol. The highest BCUT2D eigenvalue weighted by molar-refractivity contribution is 6.29. The number of carbonyl (C=O) groups excluding carboxylic acids is 2. The molecular weight excluding hydrogens is 508 g/mol. The lowest BCUT2D eigenvalue weighted by molar-refractivity contribution is -0.307. The van der Waals surface area contributed by atoms with Crippen LogP contribution in [0.1, 0.15) is 31.8 Å². The van der Waals surface area contributed by atoms with Crippen LogP contribution in [0.3, 0.4) is 0 Å². The fourth-order valence-electron chi connectivity index (χ4n) is 4.64. The van der Waals surface area contributed by atoms with Crippen LogP contribution in [0, 0.1) is 0 Å². The molecule has 9 atom stereocenters. The molecule has 0 radical (unpaired) electrons. The first-order valence-electron chi connectivity index (χ1n) is 11.8. The van der Waals surface area contributed by atoms with E-state index in [0.717, 1.165) is 0 Å². The van der Waals surface area contributed by atoms with Crippen LogP contribution in [0.2, 0.25) is 0 Å². The number of hydrogen-bond donors (Lipinski definition) is 7. The van der Waals surface area contributed by atoms with Crippen LogP contribution in [0.4, 0.5) is 0 Å². The van der Waals surface area contributed by atoms with Crippen molar-refractivity contribution in [3.63, 3.8) is 0 Å². The molecule has 1 aliphatic carbocycles. The summed E-state index contributed by atoms with van der Waals surface area (Å²) in [7, 11) is 0. The normalized spacial score (nSPS) is 34.9. The summed E-state index contributed by atoms with van der Waals surface area (Å²) in [6, 6.07) is 8.62. The second-order valence-corrected chi connectivity index (χ2v) is 9.25. The predicted octanol–water partition coefficient (Wildman–Crippen LogP) is -2.19. The van der Waals surface area contributed by atoms with Gasteiger partial charge in [0.1, 0.15) is 42.7 Å². The van der Waals surface area contributed by atoms with Gasteiger partial charge in [0.15, 0.2) is 29.4 Å². The number of ketones is 2. The number of phenols is 1. The van der Waals surface area contributed by atoms with Crippen molar-refractivity contribution in [1.82, 2.24) is 0 Å². The Labute approximate surface area is 215 Å². The number of hydrogen-bond acceptors (Lipinski definition) is 13. The molecule has 2 aromatic rings. The van der Waals surface area contributed by atoms with Crippen LogP contribution in [0.5, 0.6) is 11.5 Å². The maximum absolute atomic E-state index is 13.0. The highest BCUT2D eigenvalue weighted by atomic mass is 16.7. The molecule has 0 amide bonds. The molecule has 7 N–H and O–H groups in total. The van der Waals surface area contributed by atoms with Crippen molar-refractivity contribution in [1.29, 1.82) is 0 Å². The van der Waals surface area contributed by atoms with Crippen molar-refractivity contribution in [3.05, 3.63) is 58.7 Å². The lowest BCUT2D eigenvalue weighted by Gasteiger charge is -2.41. The lowest BCUT2D eigenvalue weighted by Crippen LogP contribution is -2.61. The number of benzene rings is 2. The highest BCUT2D eigenvalue weighted by Crippen LogP contribution is 2.40. The summed E-state index contributed by atoms with van der Waals surface area (Å²) in [5.74, 6) is -2.08. The number of aliphatic hydroxyl groups excluding tert-OH is 6. The van der Waals surface area contributed by atoms with E-state index >= 15 is 0 Å². The molecule has 2 fully saturated rings. The van der Waals surface area contributed by atoms with Gasteiger partial charge in [-0.2, -0.15) is 0 Å². The third-order valence-corrected chi connectivity index (χ3v) is 6.82. The van der Waals surface area contributed by atoms with Gasteiger partial charge in [-0.05, 0) is 12.1 Å². The molecule has 0 saturated carbocycles. The van der Waals surface area contributed by atoms with E-state index in [2.05, 4.69) is 0 Å². The zero-order chi connectivity index (χ0) is 27.3. The largest absolute Gasteiger partial charge is 0.504 e. The highest BCUT2D eigenvalue weighted by Gasteiger charge is 2.47. The van der Waals surface area contributed by atoms with Crippen molar-refractivity contribution >= 4 is 11.6 Å². The van der Waals surface area contributed by atoms with E-state index in [-0.39, 0.29) is 34.6 Å². The number of ether oxygens (including phenoxy) is 4. The molecule has 0 bridgehead atoms. The van der Waals surface area contributed by atoms with Gasteiger partial charge in [0.05, 0.1) is 18.8 Å². The van der Waals surface area contributed by atoms with Crippen LogP contribution in [-0.4, -0.2) is 116 Å². The topological polar surface area (TPSA) is 213 Å². The predicted molar refractivity (Wildman–Crippen MR) is 122 cm³/mol. The first-order valence-corrected chi connectivity index (χ1v) is 11.8. The third kappa shape index (κ3) is 4.47. The van der Waals surface area contributed by atoms with E-state index in [1.54, 1.807) is 12.1 Å². The Morgan fingerprint density at radius 3 is 2.13 bits per heavy atom. The Morgan fingerprint density at radius 2 is 1.42 bits per heavy atom. The average Bonchev–Trinajstić information content (AvgIpc) is 2.91. The van der Waals surface area contributed by atoms with Crippen molar-refractivity contribution in [2.24, 2.45) is 0 Å². The van der Waals surface area contributed by atoms with Gasteiger partial charge in [-0.25, -0.2) is 0 Å². The monoisotopic (exact) mass is 534 g/mol. The fourth-order valence-corrected chi connectivity index (χ4v) is 4.64. The lowest BCUT2D eigenvalue weighted by atomic mass is 9.83. The summed E-state index contributed by atoms with van der Waals surface area (Å²) in [6.45, 7) is -0.831. The molecule has 0 unspecified atom stereocenters. The molecule has 13 heteroatoms. The first-order chi connectivity index (χ1) is 18.1. The summed E-state index contributed by atoms with van der Waals surface area (Å²) in [6.07, 6.45) is -14.1. The molecule has 5 rings (SSSR count). The van der Waals surface area contributed by atoms with Gasteiger partial charge in [-0.15, -0.1) is 0 Å². The fraction of sp³-hybridized carbons (Fsp3) is 0.440. The summed E-state index contributed by atoms with van der Waals surface area (Å²) in [5.41, 5.74) is -0.0325. The number of rotatable bonds is 5. The summed E-state index contributed by atoms with van der Waals surface area (Å²) in [4.78, 5) is 25.9. The number of aromatic hydroxyl groups is 1. The van der Waals surface area contributed by atoms with E-state index in [0.29, 0.717) is 0 Å². The third-order valence-electron chi connectivity index (χ3n) is 6.82. The second-order valence-electron chi connectivity index (χ2n) is 9.25. The van der Waals surface area contributed by atoms with Gasteiger partial charge in [0.25, 0.3) is 0 Å². The quantitative estimate of drug-likeness (QED) is 0.186. The standard InChI is InChI=1S/C25H26O13/c26-12-7-35-24(22(33)18(12)29)36-8-14-20(31)21(32)23(34)25(38-14)37-13-6-5-11-15(19(13)30)17(28)10-4-2-1-3-9(10)16(11)27/h1-6,12,14,18,20-26,29-34H,7-8H2/t12-,14+,18+,20+,21-,22+,23+,24-,25-/m0/s1. The van der Waals surface area contributed by atoms with Crippen molar-refractivity contribution < 1.29 is 64.3 Å². The molecule has 0 spiro atoms. The number of carbonyl (C=O) groups is 2. The van der Waals surface area contributed by atoms with Gasteiger partial charge >= 0.3 is 0 Å². The van der Waals surface area contributed by atoms with Gasteiger partial charge < -0.3 is 54.7 Å². The van der Waals surface area contributed by atoms with Gasteiger partial charge in [0.2, 0.25) is 6.29 Å². The Hall–Kier alpha value is -2.98. The summed E-state index contributed by atoms with van der Waals surface area (Å²) in [5, 5.41) is 71.3. The minimum absolute atomic E-state index is 0.0382. The van der Waals surface area contributed by atoms with Gasteiger partial charge in [-0.3, -0.25) is 9.59 Å². The van der Waals surface area contributed by atoms with Crippen LogP contribution in [-0.2, 0) is 14.2 Å². The van der Waals surface area contributed by atoms with Gasteiger partial charge in [-0.1, -0.05) is 24.3 Å². The van der Waals surface area contributed by atoms with E-state index in [1.807, 2.05) is 0 Å². The SMILES string of the molecule is O=C1c2ccccc2C(=O)c2c1ccc(O[C@H]1O[C@H](CO[C@@H]3OC[C@H](O)[C@@H](O)[C@H]3O)[C@@H](O)[C@H](O)[C@H]1O)c2O. The molecule has 204 valence electrons. The van der Waals surface area contributed by atoms with Crippen LogP contribution >= 0.6 is 0 Å². The molecule has 2 heterocycles. The van der Waals surface area contributed by atoms with Crippen LogP contribution in [0.25, 0.3) is 0 Å². The van der Waals surface area contributed by atoms with Crippen LogP contribution in [0.15, 0.2) is 36.4 Å². The van der Waals surface area contributed by atoms with E-state index in [1.165, 1.54) is 24.3 Å². The molecule has 3 aliphatic rings. The first kappa shape index (κ1) is 26.6. The smallest absolute Gasteiger partial charge is 0.229 e. The second kappa shape index (κ2) is 10.3. The Morgan fingerprint density at radius 1 is 0.763 bits per heavy atom. The molecule has 2 aromatic carbocycles. The van der Waals surface area contributed by atoms with Crippen molar-refractivity contribution in [2.75, 3.05) is 13.2 Å². The number of aliphatic hydroxyl groups is 6. The molecule has 38 heavy (non-hydrogen) atoms. The maximum Gasteiger partial charge on any atom is 0.229 e.